The fraction of sp³-hybridized carbons (Fsp3) is 0.435. The molecule has 2 aromatic heterocycles. The van der Waals surface area contributed by atoms with Crippen LogP contribution < -0.4 is 5.56 Å². The summed E-state index contributed by atoms with van der Waals surface area (Å²) in [5.41, 5.74) is 2.25. The lowest BCUT2D eigenvalue weighted by molar-refractivity contribution is -0.131. The predicted molar refractivity (Wildman–Crippen MR) is 119 cm³/mol. The topological polar surface area (TPSA) is 86.3 Å². The summed E-state index contributed by atoms with van der Waals surface area (Å²) >= 11 is 1.62. The molecule has 3 aromatic rings. The number of carbonyl (C=O) groups is 1. The molecule has 1 amide bonds. The van der Waals surface area contributed by atoms with Crippen LogP contribution in [0.1, 0.15) is 41.1 Å². The molecule has 0 unspecified atom stereocenters. The zero-order valence-corrected chi connectivity index (χ0v) is 17.8. The van der Waals surface area contributed by atoms with Crippen LogP contribution >= 0.6 is 11.3 Å². The molecular weight excluding hydrogens is 398 g/mol. The highest BCUT2D eigenvalue weighted by Gasteiger charge is 2.20. The Kier molecular flexibility index (Phi) is 6.59. The number of thiophene rings is 1. The molecule has 1 aliphatic carbocycles. The summed E-state index contributed by atoms with van der Waals surface area (Å²) in [5.74, 6) is 0.527. The van der Waals surface area contributed by atoms with Crippen LogP contribution in [0.4, 0.5) is 0 Å². The lowest BCUT2D eigenvalue weighted by atomic mass is 9.97. The number of aliphatic hydroxyl groups is 1. The number of carbonyl (C=O) groups excluding carboxylic acids is 1. The second kappa shape index (κ2) is 9.53. The van der Waals surface area contributed by atoms with Crippen LogP contribution in [0.3, 0.4) is 0 Å². The quantitative estimate of drug-likeness (QED) is 0.581. The van der Waals surface area contributed by atoms with E-state index in [0.29, 0.717) is 25.3 Å². The summed E-state index contributed by atoms with van der Waals surface area (Å²) in [5, 5.41) is 10.1. The third-order valence-corrected chi connectivity index (χ3v) is 6.87. The van der Waals surface area contributed by atoms with Gasteiger partial charge in [-0.15, -0.1) is 11.3 Å². The molecule has 0 saturated carbocycles. The van der Waals surface area contributed by atoms with Crippen molar-refractivity contribution in [3.8, 4) is 0 Å². The van der Waals surface area contributed by atoms with Gasteiger partial charge in [-0.1, -0.05) is 30.3 Å². The number of benzene rings is 1. The molecule has 6 nitrogen and oxygen atoms in total. The number of fused-ring (bicyclic) bond motifs is 3. The van der Waals surface area contributed by atoms with E-state index in [4.69, 9.17) is 0 Å². The van der Waals surface area contributed by atoms with Crippen LogP contribution in [-0.2, 0) is 30.5 Å². The number of aromatic amines is 1. The van der Waals surface area contributed by atoms with E-state index in [2.05, 4.69) is 9.97 Å². The van der Waals surface area contributed by atoms with E-state index in [0.717, 1.165) is 41.5 Å². The highest BCUT2D eigenvalue weighted by atomic mass is 32.1. The van der Waals surface area contributed by atoms with Gasteiger partial charge < -0.3 is 15.0 Å². The predicted octanol–water partition coefficient (Wildman–Crippen LogP) is 2.86. The molecule has 0 fully saturated rings. The van der Waals surface area contributed by atoms with Gasteiger partial charge in [-0.3, -0.25) is 9.59 Å². The van der Waals surface area contributed by atoms with Gasteiger partial charge >= 0.3 is 0 Å². The summed E-state index contributed by atoms with van der Waals surface area (Å²) in [7, 11) is 0. The van der Waals surface area contributed by atoms with Gasteiger partial charge in [-0.05, 0) is 43.2 Å². The molecule has 0 spiro atoms. The monoisotopic (exact) mass is 425 g/mol. The smallest absolute Gasteiger partial charge is 0.259 e. The van der Waals surface area contributed by atoms with Gasteiger partial charge in [0.05, 0.1) is 12.0 Å². The maximum Gasteiger partial charge on any atom is 0.259 e. The number of hydrogen-bond acceptors (Lipinski definition) is 5. The fourth-order valence-electron chi connectivity index (χ4n) is 4.10. The number of nitrogens with zero attached hydrogens (tertiary/aromatic N) is 2. The summed E-state index contributed by atoms with van der Waals surface area (Å²) in [4.78, 5) is 36.7. The van der Waals surface area contributed by atoms with Gasteiger partial charge in [-0.2, -0.15) is 0 Å². The van der Waals surface area contributed by atoms with Crippen molar-refractivity contribution >= 4 is 27.5 Å². The van der Waals surface area contributed by atoms with Gasteiger partial charge in [0.2, 0.25) is 5.91 Å². The Balaban J connectivity index is 1.42. The van der Waals surface area contributed by atoms with Crippen LogP contribution in [0, 0.1) is 0 Å². The highest BCUT2D eigenvalue weighted by Crippen LogP contribution is 2.33. The zero-order chi connectivity index (χ0) is 20.9. The highest BCUT2D eigenvalue weighted by molar-refractivity contribution is 7.18. The maximum absolute atomic E-state index is 12.7. The van der Waals surface area contributed by atoms with Crippen LogP contribution in [0.5, 0.6) is 0 Å². The van der Waals surface area contributed by atoms with Crippen molar-refractivity contribution in [3.05, 3.63) is 62.5 Å². The lowest BCUT2D eigenvalue weighted by Crippen LogP contribution is -2.35. The minimum atomic E-state index is -0.0851. The summed E-state index contributed by atoms with van der Waals surface area (Å²) in [6.07, 6.45) is 5.67. The Hall–Kier alpha value is -2.51. The number of aliphatic hydroxyl groups excluding tert-OH is 1. The largest absolute Gasteiger partial charge is 0.395 e. The molecule has 2 heterocycles. The van der Waals surface area contributed by atoms with Crippen LogP contribution in [0.2, 0.25) is 0 Å². The van der Waals surface area contributed by atoms with E-state index in [1.54, 1.807) is 16.2 Å². The SMILES string of the molecule is O=C(CCc1nc2sc3c(c2c(=O)[nH]1)CCCC3)N(CCO)CCc1ccccc1. The van der Waals surface area contributed by atoms with Gasteiger partial charge in [0.15, 0.2) is 0 Å². The minimum Gasteiger partial charge on any atom is -0.395 e. The number of hydrogen-bond donors (Lipinski definition) is 2. The fourth-order valence-corrected chi connectivity index (χ4v) is 5.38. The number of rotatable bonds is 8. The number of amides is 1. The summed E-state index contributed by atoms with van der Waals surface area (Å²) < 4.78 is 0. The molecular formula is C23H27N3O3S. The Morgan fingerprint density at radius 2 is 1.93 bits per heavy atom. The number of nitrogens with one attached hydrogen (secondary N) is 1. The molecule has 4 rings (SSSR count). The molecule has 0 atom stereocenters. The van der Waals surface area contributed by atoms with E-state index >= 15 is 0 Å². The molecule has 1 aromatic carbocycles. The maximum atomic E-state index is 12.7. The Labute approximate surface area is 179 Å². The van der Waals surface area contributed by atoms with Gasteiger partial charge in [0.25, 0.3) is 5.56 Å². The van der Waals surface area contributed by atoms with E-state index in [1.807, 2.05) is 30.3 Å². The van der Waals surface area contributed by atoms with E-state index in [9.17, 15) is 14.7 Å². The second-order valence-corrected chi connectivity index (χ2v) is 8.83. The molecule has 0 aliphatic heterocycles. The summed E-state index contributed by atoms with van der Waals surface area (Å²) in [6.45, 7) is 0.804. The Morgan fingerprint density at radius 1 is 1.13 bits per heavy atom. The number of aromatic nitrogens is 2. The van der Waals surface area contributed by atoms with E-state index < -0.39 is 0 Å². The van der Waals surface area contributed by atoms with Crippen LogP contribution in [-0.4, -0.2) is 45.6 Å². The molecule has 0 saturated heterocycles. The van der Waals surface area contributed by atoms with Crippen LogP contribution in [0.15, 0.2) is 35.1 Å². The first-order valence-electron chi connectivity index (χ1n) is 10.6. The van der Waals surface area contributed by atoms with Crippen LogP contribution in [0.25, 0.3) is 10.2 Å². The van der Waals surface area contributed by atoms with E-state index in [-0.39, 0.29) is 24.5 Å². The average Bonchev–Trinajstić information content (AvgIpc) is 3.14. The molecule has 7 heteroatoms. The minimum absolute atomic E-state index is 0.0341. The second-order valence-electron chi connectivity index (χ2n) is 7.74. The average molecular weight is 426 g/mol. The Bertz CT molecular complexity index is 1070. The van der Waals surface area contributed by atoms with Crippen molar-refractivity contribution in [3.63, 3.8) is 0 Å². The normalized spacial score (nSPS) is 13.4. The molecule has 2 N–H and O–H groups in total. The van der Waals surface area contributed by atoms with E-state index in [1.165, 1.54) is 16.9 Å². The van der Waals surface area contributed by atoms with Gasteiger partial charge in [0, 0.05) is 30.8 Å². The lowest BCUT2D eigenvalue weighted by Gasteiger charge is -2.21. The Morgan fingerprint density at radius 3 is 2.73 bits per heavy atom. The molecule has 30 heavy (non-hydrogen) atoms. The molecule has 1 aliphatic rings. The number of aryl methyl sites for hydroxylation is 3. The molecule has 0 radical (unpaired) electrons. The first-order valence-corrected chi connectivity index (χ1v) is 11.4. The standard InChI is InChI=1S/C23H27N3O3S/c27-15-14-26(13-12-16-6-2-1-3-7-16)20(28)11-10-19-24-22(29)21-17-8-4-5-9-18(17)30-23(21)25-19/h1-3,6-7,27H,4-5,8-15H2,(H,24,25,29). The van der Waals surface area contributed by atoms with Crippen molar-refractivity contribution in [2.24, 2.45) is 0 Å². The third-order valence-electron chi connectivity index (χ3n) is 5.69. The first-order chi connectivity index (χ1) is 14.7. The summed E-state index contributed by atoms with van der Waals surface area (Å²) in [6, 6.07) is 10.00. The number of H-pyrrole nitrogens is 1. The van der Waals surface area contributed by atoms with Crippen molar-refractivity contribution in [1.82, 2.24) is 14.9 Å². The van der Waals surface area contributed by atoms with Gasteiger partial charge in [-0.25, -0.2) is 4.98 Å². The first kappa shape index (κ1) is 20.8. The molecule has 158 valence electrons. The van der Waals surface area contributed by atoms with Crippen molar-refractivity contribution in [2.75, 3.05) is 19.7 Å². The van der Waals surface area contributed by atoms with Crippen molar-refractivity contribution in [2.45, 2.75) is 44.9 Å². The molecule has 0 bridgehead atoms. The zero-order valence-electron chi connectivity index (χ0n) is 17.0. The van der Waals surface area contributed by atoms with Crippen molar-refractivity contribution < 1.29 is 9.90 Å². The third kappa shape index (κ3) is 4.63. The van der Waals surface area contributed by atoms with Crippen molar-refractivity contribution in [1.29, 1.82) is 0 Å². The van der Waals surface area contributed by atoms with Gasteiger partial charge in [0.1, 0.15) is 10.7 Å².